The fourth-order valence-electron chi connectivity index (χ4n) is 3.12. The van der Waals surface area contributed by atoms with Crippen molar-refractivity contribution in [3.8, 4) is 5.75 Å². The van der Waals surface area contributed by atoms with Crippen LogP contribution in [0.4, 0.5) is 11.4 Å². The van der Waals surface area contributed by atoms with Crippen LogP contribution in [0.25, 0.3) is 6.08 Å². The highest BCUT2D eigenvalue weighted by Crippen LogP contribution is 2.21. The zero-order valence-corrected chi connectivity index (χ0v) is 18.4. The summed E-state index contributed by atoms with van der Waals surface area (Å²) in [6.45, 7) is 3.81. The Morgan fingerprint density at radius 1 is 0.903 bits per heavy atom. The van der Waals surface area contributed by atoms with E-state index in [0.29, 0.717) is 17.1 Å². The molecule has 31 heavy (non-hydrogen) atoms. The van der Waals surface area contributed by atoms with E-state index >= 15 is 0 Å². The van der Waals surface area contributed by atoms with Crippen LogP contribution in [0.1, 0.15) is 16.7 Å². The number of methoxy groups -OCH3 is 1. The number of carbonyl (C=O) groups excluding carboxylic acids is 1. The van der Waals surface area contributed by atoms with Gasteiger partial charge >= 0.3 is 0 Å². The minimum atomic E-state index is -3.74. The Balaban J connectivity index is 1.68. The Hall–Kier alpha value is -3.58. The van der Waals surface area contributed by atoms with Crippen molar-refractivity contribution in [3.63, 3.8) is 0 Å². The first-order valence-electron chi connectivity index (χ1n) is 9.60. The van der Waals surface area contributed by atoms with Gasteiger partial charge in [-0.1, -0.05) is 24.3 Å². The van der Waals surface area contributed by atoms with Crippen molar-refractivity contribution in [2.75, 3.05) is 17.1 Å². The van der Waals surface area contributed by atoms with E-state index in [9.17, 15) is 13.2 Å². The third-order valence-electron chi connectivity index (χ3n) is 4.46. The van der Waals surface area contributed by atoms with Gasteiger partial charge in [0.1, 0.15) is 5.75 Å². The number of para-hydroxylation sites is 1. The van der Waals surface area contributed by atoms with Gasteiger partial charge in [-0.05, 0) is 73.5 Å². The number of ether oxygens (including phenoxy) is 1. The molecule has 3 aromatic rings. The van der Waals surface area contributed by atoms with Gasteiger partial charge < -0.3 is 10.1 Å². The molecule has 3 aromatic carbocycles. The SMILES string of the molecule is COc1ccccc1/C=C/C(=O)Nc1ccc(S(=O)(=O)Nc2cc(C)cc(C)c2)cc1. The predicted octanol–water partition coefficient (Wildman–Crippen LogP) is 4.76. The second kappa shape index (κ2) is 9.49. The standard InChI is InChI=1S/C24H24N2O4S/c1-17-14-18(2)16-21(15-17)26-31(28,29)22-11-9-20(10-12-22)25-24(27)13-8-19-6-4-5-7-23(19)30-3/h4-16,26H,1-3H3,(H,25,27)/b13-8+. The first kappa shape index (κ1) is 22.1. The highest BCUT2D eigenvalue weighted by Gasteiger charge is 2.14. The molecule has 0 saturated heterocycles. The van der Waals surface area contributed by atoms with Gasteiger partial charge in [0.05, 0.1) is 12.0 Å². The zero-order valence-electron chi connectivity index (χ0n) is 17.5. The molecule has 7 heteroatoms. The number of carbonyl (C=O) groups is 1. The number of hydrogen-bond donors (Lipinski definition) is 2. The Kier molecular flexibility index (Phi) is 6.77. The maximum absolute atomic E-state index is 12.7. The van der Waals surface area contributed by atoms with Gasteiger partial charge in [0.2, 0.25) is 5.91 Å². The average Bonchev–Trinajstić information content (AvgIpc) is 2.71. The van der Waals surface area contributed by atoms with Crippen LogP contribution >= 0.6 is 0 Å². The molecule has 0 spiro atoms. The summed E-state index contributed by atoms with van der Waals surface area (Å²) in [4.78, 5) is 12.3. The molecule has 0 aliphatic carbocycles. The van der Waals surface area contributed by atoms with Crippen LogP contribution in [0, 0.1) is 13.8 Å². The van der Waals surface area contributed by atoms with E-state index in [0.717, 1.165) is 16.7 Å². The van der Waals surface area contributed by atoms with Gasteiger partial charge in [-0.3, -0.25) is 9.52 Å². The molecule has 6 nitrogen and oxygen atoms in total. The lowest BCUT2D eigenvalue weighted by Gasteiger charge is -2.10. The molecule has 0 aliphatic heterocycles. The molecule has 0 aromatic heterocycles. The van der Waals surface area contributed by atoms with Crippen molar-refractivity contribution < 1.29 is 17.9 Å². The molecule has 1 amide bonds. The quantitative estimate of drug-likeness (QED) is 0.523. The number of anilines is 2. The molecule has 0 fully saturated rings. The normalized spacial score (nSPS) is 11.3. The summed E-state index contributed by atoms with van der Waals surface area (Å²) in [5, 5.41) is 2.71. The van der Waals surface area contributed by atoms with Gasteiger partial charge in [-0.15, -0.1) is 0 Å². The lowest BCUT2D eigenvalue weighted by molar-refractivity contribution is -0.111. The summed E-state index contributed by atoms with van der Waals surface area (Å²) in [6, 6.07) is 18.9. The number of aryl methyl sites for hydroxylation is 2. The van der Waals surface area contributed by atoms with Crippen molar-refractivity contribution in [2.24, 2.45) is 0 Å². The summed E-state index contributed by atoms with van der Waals surface area (Å²) >= 11 is 0. The van der Waals surface area contributed by atoms with Crippen LogP contribution in [0.15, 0.2) is 77.7 Å². The van der Waals surface area contributed by atoms with Crippen LogP contribution in [0.3, 0.4) is 0 Å². The fourth-order valence-corrected chi connectivity index (χ4v) is 4.16. The lowest BCUT2D eigenvalue weighted by atomic mass is 10.1. The first-order chi connectivity index (χ1) is 14.8. The predicted molar refractivity (Wildman–Crippen MR) is 124 cm³/mol. The second-order valence-electron chi connectivity index (χ2n) is 7.07. The Morgan fingerprint density at radius 3 is 2.19 bits per heavy atom. The maximum Gasteiger partial charge on any atom is 0.261 e. The van der Waals surface area contributed by atoms with E-state index < -0.39 is 10.0 Å². The summed E-state index contributed by atoms with van der Waals surface area (Å²) in [5.41, 5.74) is 3.71. The van der Waals surface area contributed by atoms with E-state index in [-0.39, 0.29) is 10.8 Å². The molecule has 0 saturated carbocycles. The Labute approximate surface area is 182 Å². The molecular formula is C24H24N2O4S. The molecule has 0 unspecified atom stereocenters. The maximum atomic E-state index is 12.7. The largest absolute Gasteiger partial charge is 0.496 e. The molecule has 0 aliphatic rings. The molecule has 3 rings (SSSR count). The Bertz CT molecular complexity index is 1200. The van der Waals surface area contributed by atoms with Crippen molar-refractivity contribution in [1.82, 2.24) is 0 Å². The van der Waals surface area contributed by atoms with Crippen molar-refractivity contribution in [1.29, 1.82) is 0 Å². The second-order valence-corrected chi connectivity index (χ2v) is 8.75. The molecule has 0 radical (unpaired) electrons. The highest BCUT2D eigenvalue weighted by molar-refractivity contribution is 7.92. The summed E-state index contributed by atoms with van der Waals surface area (Å²) in [6.07, 6.45) is 3.05. The smallest absolute Gasteiger partial charge is 0.261 e. The van der Waals surface area contributed by atoms with Crippen LogP contribution in [-0.2, 0) is 14.8 Å². The van der Waals surface area contributed by atoms with E-state index in [4.69, 9.17) is 4.74 Å². The molecule has 2 N–H and O–H groups in total. The molecule has 0 bridgehead atoms. The van der Waals surface area contributed by atoms with Crippen molar-refractivity contribution in [3.05, 3.63) is 89.5 Å². The molecular weight excluding hydrogens is 412 g/mol. The summed E-state index contributed by atoms with van der Waals surface area (Å²) in [7, 11) is -2.17. The zero-order chi connectivity index (χ0) is 22.4. The van der Waals surface area contributed by atoms with Crippen molar-refractivity contribution >= 4 is 33.4 Å². The number of hydrogen-bond acceptors (Lipinski definition) is 4. The minimum Gasteiger partial charge on any atom is -0.496 e. The number of sulfonamides is 1. The first-order valence-corrected chi connectivity index (χ1v) is 11.1. The van der Waals surface area contributed by atoms with E-state index in [1.54, 1.807) is 37.5 Å². The van der Waals surface area contributed by atoms with Crippen LogP contribution in [-0.4, -0.2) is 21.4 Å². The van der Waals surface area contributed by atoms with E-state index in [2.05, 4.69) is 10.0 Å². The summed E-state index contributed by atoms with van der Waals surface area (Å²) in [5.74, 6) is 0.326. The molecule has 0 heterocycles. The summed E-state index contributed by atoms with van der Waals surface area (Å²) < 4.78 is 33.2. The number of benzene rings is 3. The van der Waals surface area contributed by atoms with Gasteiger partial charge in [-0.2, -0.15) is 0 Å². The number of amides is 1. The number of nitrogens with one attached hydrogen (secondary N) is 2. The lowest BCUT2D eigenvalue weighted by Crippen LogP contribution is -2.13. The topological polar surface area (TPSA) is 84.5 Å². The van der Waals surface area contributed by atoms with E-state index in [1.807, 2.05) is 44.2 Å². The highest BCUT2D eigenvalue weighted by atomic mass is 32.2. The monoisotopic (exact) mass is 436 g/mol. The Morgan fingerprint density at radius 2 is 1.55 bits per heavy atom. The average molecular weight is 437 g/mol. The van der Waals surface area contributed by atoms with Gasteiger partial charge in [0.25, 0.3) is 10.0 Å². The van der Waals surface area contributed by atoms with Gasteiger partial charge in [0, 0.05) is 23.0 Å². The molecule has 160 valence electrons. The fraction of sp³-hybridized carbons (Fsp3) is 0.125. The minimum absolute atomic E-state index is 0.106. The third-order valence-corrected chi connectivity index (χ3v) is 5.86. The van der Waals surface area contributed by atoms with Crippen LogP contribution in [0.5, 0.6) is 5.75 Å². The van der Waals surface area contributed by atoms with Crippen molar-refractivity contribution in [2.45, 2.75) is 18.7 Å². The third kappa shape index (κ3) is 5.96. The molecule has 0 atom stereocenters. The number of rotatable bonds is 7. The van der Waals surface area contributed by atoms with Gasteiger partial charge in [0.15, 0.2) is 0 Å². The van der Waals surface area contributed by atoms with E-state index in [1.165, 1.54) is 18.2 Å². The van der Waals surface area contributed by atoms with Gasteiger partial charge in [-0.25, -0.2) is 8.42 Å². The van der Waals surface area contributed by atoms with Crippen LogP contribution in [0.2, 0.25) is 0 Å². The van der Waals surface area contributed by atoms with Crippen LogP contribution < -0.4 is 14.8 Å².